The first-order valence-electron chi connectivity index (χ1n) is 9.88. The van der Waals surface area contributed by atoms with Gasteiger partial charge in [0, 0.05) is 17.8 Å². The number of carbonyl (C=O) groups is 1. The Labute approximate surface area is 181 Å². The van der Waals surface area contributed by atoms with Crippen LogP contribution in [0.2, 0.25) is 0 Å². The molecule has 3 rings (SSSR count). The number of ether oxygens (including phenoxy) is 1. The molecule has 0 aliphatic rings. The molecule has 0 atom stereocenters. The maximum Gasteiger partial charge on any atom is 0.343 e. The summed E-state index contributed by atoms with van der Waals surface area (Å²) in [5.41, 5.74) is 13.3. The van der Waals surface area contributed by atoms with Crippen molar-refractivity contribution in [2.24, 2.45) is 21.9 Å². The monoisotopic (exact) mass is 417 g/mol. The number of esters is 1. The first-order chi connectivity index (χ1) is 14.6. The fourth-order valence-corrected chi connectivity index (χ4v) is 2.82. The number of amidine groups is 1. The Morgan fingerprint density at radius 1 is 0.968 bits per heavy atom. The van der Waals surface area contributed by atoms with Crippen LogP contribution in [0.4, 0.5) is 5.69 Å². The first-order valence-corrected chi connectivity index (χ1v) is 9.88. The number of nitrogen functional groups attached to an aromatic ring is 1. The maximum absolute atomic E-state index is 12.5. The Hall–Kier alpha value is -3.87. The number of anilines is 1. The van der Waals surface area contributed by atoms with Crippen molar-refractivity contribution in [1.29, 1.82) is 5.41 Å². The van der Waals surface area contributed by atoms with Gasteiger partial charge in [-0.2, -0.15) is 0 Å². The molecule has 7 nitrogen and oxygen atoms in total. The molecule has 0 aromatic heterocycles. The molecule has 0 unspecified atom stereocenters. The topological polar surface area (TPSA) is 127 Å². The van der Waals surface area contributed by atoms with Crippen molar-refractivity contribution in [1.82, 2.24) is 0 Å². The van der Waals surface area contributed by atoms with Crippen LogP contribution in [-0.4, -0.2) is 24.3 Å². The van der Waals surface area contributed by atoms with E-state index in [1.165, 1.54) is 0 Å². The van der Waals surface area contributed by atoms with Crippen LogP contribution in [0.3, 0.4) is 0 Å². The number of nitrogens with one attached hydrogen (secondary N) is 2. The van der Waals surface area contributed by atoms with E-state index in [0.717, 1.165) is 16.5 Å². The molecule has 0 heterocycles. The van der Waals surface area contributed by atoms with Crippen LogP contribution in [0.1, 0.15) is 36.7 Å². The molecule has 0 saturated heterocycles. The molecule has 0 aliphatic carbocycles. The van der Waals surface area contributed by atoms with E-state index < -0.39 is 5.97 Å². The summed E-state index contributed by atoms with van der Waals surface area (Å²) in [6, 6.07) is 17.6. The van der Waals surface area contributed by atoms with E-state index in [0.29, 0.717) is 29.4 Å². The Balaban J connectivity index is 1.66. The predicted octanol–water partition coefficient (Wildman–Crippen LogP) is 4.12. The van der Waals surface area contributed by atoms with Gasteiger partial charge in [0.15, 0.2) is 5.96 Å². The quantitative estimate of drug-likeness (QED) is 0.215. The molecule has 0 bridgehead atoms. The largest absolute Gasteiger partial charge is 0.423 e. The molecule has 3 aromatic carbocycles. The smallest absolute Gasteiger partial charge is 0.343 e. The highest BCUT2D eigenvalue weighted by atomic mass is 16.5. The minimum absolute atomic E-state index is 0.0116. The molecule has 0 aliphatic heterocycles. The van der Waals surface area contributed by atoms with Crippen molar-refractivity contribution in [2.75, 3.05) is 11.9 Å². The predicted molar refractivity (Wildman–Crippen MR) is 126 cm³/mol. The fraction of sp³-hybridized carbons (Fsp3) is 0.208. The van der Waals surface area contributed by atoms with Gasteiger partial charge < -0.3 is 21.5 Å². The average molecular weight is 418 g/mol. The third kappa shape index (κ3) is 6.05. The van der Waals surface area contributed by atoms with Crippen LogP contribution in [-0.2, 0) is 0 Å². The van der Waals surface area contributed by atoms with E-state index in [1.54, 1.807) is 42.5 Å². The van der Waals surface area contributed by atoms with Gasteiger partial charge in [0.05, 0.1) is 5.56 Å². The van der Waals surface area contributed by atoms with Crippen LogP contribution in [0.15, 0.2) is 65.7 Å². The molecule has 0 saturated carbocycles. The summed E-state index contributed by atoms with van der Waals surface area (Å²) in [6.45, 7) is 6.87. The Morgan fingerprint density at radius 2 is 1.58 bits per heavy atom. The number of hydrogen-bond acceptors (Lipinski definition) is 4. The van der Waals surface area contributed by atoms with Crippen molar-refractivity contribution in [3.63, 3.8) is 0 Å². The van der Waals surface area contributed by atoms with Gasteiger partial charge in [-0.3, -0.25) is 10.4 Å². The summed E-state index contributed by atoms with van der Waals surface area (Å²) in [6.07, 6.45) is 0. The van der Waals surface area contributed by atoms with Crippen molar-refractivity contribution in [2.45, 2.75) is 20.8 Å². The van der Waals surface area contributed by atoms with E-state index in [1.807, 2.05) is 18.2 Å². The van der Waals surface area contributed by atoms with Crippen molar-refractivity contribution in [3.8, 4) is 5.75 Å². The number of carbonyl (C=O) groups excluding carboxylic acids is 1. The lowest BCUT2D eigenvalue weighted by molar-refractivity contribution is 0.0735. The molecular weight excluding hydrogens is 390 g/mol. The van der Waals surface area contributed by atoms with Crippen LogP contribution in [0.5, 0.6) is 5.75 Å². The number of guanidine groups is 1. The molecule has 31 heavy (non-hydrogen) atoms. The molecule has 3 aromatic rings. The second-order valence-electron chi connectivity index (χ2n) is 8.49. The summed E-state index contributed by atoms with van der Waals surface area (Å²) >= 11 is 0. The van der Waals surface area contributed by atoms with Crippen molar-refractivity contribution in [3.05, 3.63) is 71.8 Å². The van der Waals surface area contributed by atoms with Crippen LogP contribution in [0.25, 0.3) is 10.8 Å². The SMILES string of the molecule is CC(C)(C)CN=C(N)Nc1ccc(C(=O)Oc2ccc3cc(C(=N)N)ccc3c2)cc1. The number of fused-ring (bicyclic) bond motifs is 1. The van der Waals surface area contributed by atoms with Gasteiger partial charge in [-0.05, 0) is 58.7 Å². The third-order valence-electron chi connectivity index (χ3n) is 4.45. The zero-order chi connectivity index (χ0) is 22.6. The van der Waals surface area contributed by atoms with Gasteiger partial charge in [-0.1, -0.05) is 39.0 Å². The fourth-order valence-electron chi connectivity index (χ4n) is 2.82. The molecular formula is C24H27N5O2. The van der Waals surface area contributed by atoms with E-state index in [9.17, 15) is 4.79 Å². The molecule has 7 heteroatoms. The minimum Gasteiger partial charge on any atom is -0.423 e. The first kappa shape index (κ1) is 21.8. The summed E-state index contributed by atoms with van der Waals surface area (Å²) in [5.74, 6) is 0.321. The lowest BCUT2D eigenvalue weighted by Gasteiger charge is -2.15. The van der Waals surface area contributed by atoms with Gasteiger partial charge >= 0.3 is 5.97 Å². The summed E-state index contributed by atoms with van der Waals surface area (Å²) in [5, 5.41) is 12.3. The summed E-state index contributed by atoms with van der Waals surface area (Å²) in [7, 11) is 0. The standard InChI is InChI=1S/C24H27N5O2/c1-24(2,3)14-28-23(27)29-19-9-6-15(7-10-19)22(30)31-20-11-8-16-12-18(21(25)26)5-4-17(16)13-20/h4-13H,14H2,1-3H3,(H3,25,26)(H3,27,28,29). The van der Waals surface area contributed by atoms with Crippen molar-refractivity contribution >= 4 is 34.2 Å². The summed E-state index contributed by atoms with van der Waals surface area (Å²) in [4.78, 5) is 16.8. The summed E-state index contributed by atoms with van der Waals surface area (Å²) < 4.78 is 5.51. The lowest BCUT2D eigenvalue weighted by Crippen LogP contribution is -2.25. The third-order valence-corrected chi connectivity index (χ3v) is 4.45. The Bertz CT molecular complexity index is 1140. The second kappa shape index (κ2) is 8.87. The molecule has 0 fully saturated rings. The lowest BCUT2D eigenvalue weighted by atomic mass is 9.97. The van der Waals surface area contributed by atoms with Crippen LogP contribution in [0, 0.1) is 10.8 Å². The minimum atomic E-state index is -0.458. The number of nitrogens with two attached hydrogens (primary N) is 2. The molecule has 6 N–H and O–H groups in total. The van der Waals surface area contributed by atoms with Crippen LogP contribution < -0.4 is 21.5 Å². The van der Waals surface area contributed by atoms with Gasteiger partial charge in [-0.25, -0.2) is 4.79 Å². The molecule has 0 spiro atoms. The highest BCUT2D eigenvalue weighted by Gasteiger charge is 2.11. The van der Waals surface area contributed by atoms with Gasteiger partial charge in [0.25, 0.3) is 0 Å². The maximum atomic E-state index is 12.5. The average Bonchev–Trinajstić information content (AvgIpc) is 2.71. The number of aliphatic imine (C=N–C) groups is 1. The zero-order valence-corrected chi connectivity index (χ0v) is 17.9. The van der Waals surface area contributed by atoms with E-state index >= 15 is 0 Å². The van der Waals surface area contributed by atoms with Gasteiger partial charge in [-0.15, -0.1) is 0 Å². The number of rotatable bonds is 5. The zero-order valence-electron chi connectivity index (χ0n) is 17.9. The van der Waals surface area contributed by atoms with Gasteiger partial charge in [0.2, 0.25) is 0 Å². The Morgan fingerprint density at radius 3 is 2.23 bits per heavy atom. The second-order valence-corrected chi connectivity index (χ2v) is 8.49. The highest BCUT2D eigenvalue weighted by molar-refractivity contribution is 5.99. The van der Waals surface area contributed by atoms with E-state index in [2.05, 4.69) is 31.1 Å². The Kier molecular flexibility index (Phi) is 6.25. The number of hydrogen-bond donors (Lipinski definition) is 4. The van der Waals surface area contributed by atoms with Crippen molar-refractivity contribution < 1.29 is 9.53 Å². The molecule has 0 radical (unpaired) electrons. The number of benzene rings is 3. The number of nitrogens with zero attached hydrogens (tertiary/aromatic N) is 1. The normalized spacial score (nSPS) is 11.9. The molecule has 160 valence electrons. The molecule has 0 amide bonds. The highest BCUT2D eigenvalue weighted by Crippen LogP contribution is 2.23. The van der Waals surface area contributed by atoms with Gasteiger partial charge in [0.1, 0.15) is 11.6 Å². The van der Waals surface area contributed by atoms with E-state index in [-0.39, 0.29) is 11.3 Å². The van der Waals surface area contributed by atoms with Crippen LogP contribution >= 0.6 is 0 Å². The van der Waals surface area contributed by atoms with E-state index in [4.69, 9.17) is 21.6 Å².